The minimum Gasteiger partial charge on any atom is -0.455 e. The third-order valence-corrected chi connectivity index (χ3v) is 2.67. The fraction of sp³-hybridized carbons (Fsp3) is 0.308. The van der Waals surface area contributed by atoms with Gasteiger partial charge in [-0.05, 0) is 24.6 Å². The summed E-state index contributed by atoms with van der Waals surface area (Å²) in [5.41, 5.74) is 0.768. The first-order valence-corrected chi connectivity index (χ1v) is 6.67. The molecule has 0 aliphatic rings. The van der Waals surface area contributed by atoms with Crippen molar-refractivity contribution in [3.05, 3.63) is 34.3 Å². The van der Waals surface area contributed by atoms with E-state index in [9.17, 15) is 14.4 Å². The molecule has 6 nitrogen and oxygen atoms in total. The van der Waals surface area contributed by atoms with Crippen molar-refractivity contribution in [3.8, 4) is 0 Å². The highest BCUT2D eigenvalue weighted by atomic mass is 79.9. The summed E-state index contributed by atoms with van der Waals surface area (Å²) in [6.45, 7) is 1.25. The van der Waals surface area contributed by atoms with Crippen molar-refractivity contribution in [1.29, 1.82) is 0 Å². The maximum atomic E-state index is 11.5. The lowest BCUT2D eigenvalue weighted by molar-refractivity contribution is -0.147. The standard InChI is InChI=1S/C13H14BrNO5/c1-2-19-13(18)15-11(16)8-20-12(17)7-9-3-5-10(14)6-4-9/h3-6H,2,7-8H2,1H3,(H,15,16,18). The average molecular weight is 344 g/mol. The number of carbonyl (C=O) groups excluding carboxylic acids is 3. The number of esters is 1. The molecule has 0 aliphatic heterocycles. The lowest BCUT2D eigenvalue weighted by Crippen LogP contribution is -2.34. The van der Waals surface area contributed by atoms with Crippen LogP contribution in [0.2, 0.25) is 0 Å². The van der Waals surface area contributed by atoms with Crippen molar-refractivity contribution in [3.63, 3.8) is 0 Å². The van der Waals surface area contributed by atoms with Gasteiger partial charge in [0.15, 0.2) is 6.61 Å². The molecule has 0 aliphatic carbocycles. The van der Waals surface area contributed by atoms with Crippen LogP contribution >= 0.6 is 15.9 Å². The number of carbonyl (C=O) groups is 3. The van der Waals surface area contributed by atoms with Crippen molar-refractivity contribution in [2.45, 2.75) is 13.3 Å². The van der Waals surface area contributed by atoms with Crippen LogP contribution in [0.25, 0.3) is 0 Å². The van der Waals surface area contributed by atoms with Crippen LogP contribution < -0.4 is 5.32 Å². The number of nitrogens with one attached hydrogen (secondary N) is 1. The summed E-state index contributed by atoms with van der Waals surface area (Å²) < 4.78 is 10.2. The lowest BCUT2D eigenvalue weighted by atomic mass is 10.2. The summed E-state index contributed by atoms with van der Waals surface area (Å²) in [5, 5.41) is 1.92. The first-order valence-electron chi connectivity index (χ1n) is 5.88. The van der Waals surface area contributed by atoms with Gasteiger partial charge < -0.3 is 9.47 Å². The Morgan fingerprint density at radius 3 is 2.40 bits per heavy atom. The number of hydrogen-bond donors (Lipinski definition) is 1. The Kier molecular flexibility index (Phi) is 6.72. The van der Waals surface area contributed by atoms with Crippen molar-refractivity contribution in [2.24, 2.45) is 0 Å². The first-order chi connectivity index (χ1) is 9.51. The largest absolute Gasteiger partial charge is 0.455 e. The Balaban J connectivity index is 2.31. The number of hydrogen-bond acceptors (Lipinski definition) is 5. The van der Waals surface area contributed by atoms with E-state index in [1.54, 1.807) is 31.2 Å². The Morgan fingerprint density at radius 1 is 1.15 bits per heavy atom. The van der Waals surface area contributed by atoms with Crippen molar-refractivity contribution < 1.29 is 23.9 Å². The Hall–Kier alpha value is -1.89. The first kappa shape index (κ1) is 16.2. The molecule has 0 bridgehead atoms. The van der Waals surface area contributed by atoms with Gasteiger partial charge in [0.25, 0.3) is 5.91 Å². The highest BCUT2D eigenvalue weighted by Crippen LogP contribution is 2.11. The number of ether oxygens (including phenoxy) is 2. The van der Waals surface area contributed by atoms with Gasteiger partial charge in [0.2, 0.25) is 0 Å². The van der Waals surface area contributed by atoms with Gasteiger partial charge in [-0.1, -0.05) is 28.1 Å². The molecule has 20 heavy (non-hydrogen) atoms. The Bertz CT molecular complexity index is 486. The van der Waals surface area contributed by atoms with Gasteiger partial charge in [-0.2, -0.15) is 0 Å². The van der Waals surface area contributed by atoms with E-state index in [1.165, 1.54) is 0 Å². The molecular weight excluding hydrogens is 330 g/mol. The van der Waals surface area contributed by atoms with E-state index in [1.807, 2.05) is 5.32 Å². The molecule has 0 spiro atoms. The molecule has 1 N–H and O–H groups in total. The third-order valence-electron chi connectivity index (χ3n) is 2.14. The molecule has 0 unspecified atom stereocenters. The van der Waals surface area contributed by atoms with E-state index in [0.717, 1.165) is 10.0 Å². The SMILES string of the molecule is CCOC(=O)NC(=O)COC(=O)Cc1ccc(Br)cc1. The molecule has 0 fully saturated rings. The van der Waals surface area contributed by atoms with Crippen LogP contribution in [-0.2, 0) is 25.5 Å². The smallest absolute Gasteiger partial charge is 0.413 e. The van der Waals surface area contributed by atoms with Crippen molar-refractivity contribution >= 4 is 33.9 Å². The zero-order chi connectivity index (χ0) is 15.0. The fourth-order valence-corrected chi connectivity index (χ4v) is 1.55. The number of rotatable bonds is 5. The summed E-state index contributed by atoms with van der Waals surface area (Å²) in [6, 6.07) is 7.14. The summed E-state index contributed by atoms with van der Waals surface area (Å²) >= 11 is 3.28. The highest BCUT2D eigenvalue weighted by molar-refractivity contribution is 9.10. The normalized spacial score (nSPS) is 9.70. The number of halogens is 1. The van der Waals surface area contributed by atoms with Crippen LogP contribution in [0, 0.1) is 0 Å². The van der Waals surface area contributed by atoms with Crippen LogP contribution in [0.3, 0.4) is 0 Å². The molecule has 0 saturated heterocycles. The average Bonchev–Trinajstić information content (AvgIpc) is 2.39. The molecular formula is C13H14BrNO5. The fourth-order valence-electron chi connectivity index (χ4n) is 1.28. The summed E-state index contributed by atoms with van der Waals surface area (Å²) in [7, 11) is 0. The molecule has 2 amide bonds. The predicted molar refractivity (Wildman–Crippen MR) is 74.0 cm³/mol. The molecule has 0 aromatic heterocycles. The number of amides is 2. The zero-order valence-corrected chi connectivity index (χ0v) is 12.4. The van der Waals surface area contributed by atoms with Crippen molar-refractivity contribution in [1.82, 2.24) is 5.32 Å². The van der Waals surface area contributed by atoms with Crippen molar-refractivity contribution in [2.75, 3.05) is 13.2 Å². The number of alkyl carbamates (subject to hydrolysis) is 1. The van der Waals surface area contributed by atoms with Gasteiger partial charge in [0.1, 0.15) is 0 Å². The van der Waals surface area contributed by atoms with E-state index in [0.29, 0.717) is 0 Å². The molecule has 0 radical (unpaired) electrons. The maximum Gasteiger partial charge on any atom is 0.413 e. The van der Waals surface area contributed by atoms with Gasteiger partial charge in [-0.15, -0.1) is 0 Å². The summed E-state index contributed by atoms with van der Waals surface area (Å²) in [5.74, 6) is -1.28. The molecule has 1 aromatic rings. The topological polar surface area (TPSA) is 81.7 Å². The monoisotopic (exact) mass is 343 g/mol. The van der Waals surface area contributed by atoms with E-state index >= 15 is 0 Å². The van der Waals surface area contributed by atoms with Crippen LogP contribution in [-0.4, -0.2) is 31.2 Å². The van der Waals surface area contributed by atoms with Crippen LogP contribution in [0.15, 0.2) is 28.7 Å². The quantitative estimate of drug-likeness (QED) is 0.824. The molecule has 0 heterocycles. The van der Waals surface area contributed by atoms with Gasteiger partial charge >= 0.3 is 12.1 Å². The molecule has 7 heteroatoms. The van der Waals surface area contributed by atoms with E-state index in [2.05, 4.69) is 20.7 Å². The van der Waals surface area contributed by atoms with E-state index in [-0.39, 0.29) is 13.0 Å². The number of benzene rings is 1. The van der Waals surface area contributed by atoms with Gasteiger partial charge in [-0.25, -0.2) is 4.79 Å². The minimum absolute atomic E-state index is 0.0555. The van der Waals surface area contributed by atoms with E-state index < -0.39 is 24.6 Å². The lowest BCUT2D eigenvalue weighted by Gasteiger charge is -2.06. The second-order valence-corrected chi connectivity index (χ2v) is 4.65. The Morgan fingerprint density at radius 2 is 1.80 bits per heavy atom. The van der Waals surface area contributed by atoms with Crippen LogP contribution in [0.4, 0.5) is 4.79 Å². The molecule has 1 aromatic carbocycles. The van der Waals surface area contributed by atoms with Crippen LogP contribution in [0.5, 0.6) is 0 Å². The molecule has 0 saturated carbocycles. The zero-order valence-electron chi connectivity index (χ0n) is 10.8. The van der Waals surface area contributed by atoms with Gasteiger partial charge in [0, 0.05) is 4.47 Å². The van der Waals surface area contributed by atoms with Gasteiger partial charge in [0.05, 0.1) is 13.0 Å². The van der Waals surface area contributed by atoms with Gasteiger partial charge in [-0.3, -0.25) is 14.9 Å². The van der Waals surface area contributed by atoms with E-state index in [4.69, 9.17) is 4.74 Å². The summed E-state index contributed by atoms with van der Waals surface area (Å²) in [6.07, 6.45) is -0.804. The number of imide groups is 1. The molecule has 0 atom stereocenters. The maximum absolute atomic E-state index is 11.5. The highest BCUT2D eigenvalue weighted by Gasteiger charge is 2.11. The van der Waals surface area contributed by atoms with Crippen LogP contribution in [0.1, 0.15) is 12.5 Å². The second kappa shape index (κ2) is 8.31. The predicted octanol–water partition coefficient (Wildman–Crippen LogP) is 1.81. The Labute approximate surface area is 124 Å². The summed E-state index contributed by atoms with van der Waals surface area (Å²) in [4.78, 5) is 33.6. The minimum atomic E-state index is -0.860. The second-order valence-electron chi connectivity index (χ2n) is 3.73. The third kappa shape index (κ3) is 6.33. The molecule has 108 valence electrons. The molecule has 1 rings (SSSR count).